The molecule has 3 aliphatic rings. The van der Waals surface area contributed by atoms with E-state index in [1.54, 1.807) is 0 Å². The summed E-state index contributed by atoms with van der Waals surface area (Å²) in [6, 6.07) is 32.5. The Morgan fingerprint density at radius 1 is 0.338 bits per heavy atom. The normalized spacial score (nSPS) is 15.3. The second kappa shape index (κ2) is 16.9. The first-order valence-corrected chi connectivity index (χ1v) is 27.0. The molecule has 0 atom stereocenters. The van der Waals surface area contributed by atoms with Crippen molar-refractivity contribution in [1.29, 1.82) is 0 Å². The average Bonchev–Trinajstić information content (AvgIpc) is 3.21. The molecule has 12 bridgehead atoms. The highest BCUT2D eigenvalue weighted by atomic mass is 28.4. The zero-order valence-electron chi connectivity index (χ0n) is 43.9. The first kappa shape index (κ1) is 49.0. The predicted octanol–water partition coefficient (Wildman–Crippen LogP) is 14.3. The van der Waals surface area contributed by atoms with Crippen LogP contribution in [0.5, 0.6) is 28.7 Å². The van der Waals surface area contributed by atoms with Crippen LogP contribution in [-0.2, 0) is 59.2 Å². The molecule has 0 aromatic heterocycles. The standard InChI is InChI=1S/C62H76O5Si/c1-58(2,3)47-27-37-22-39-29-48(59(4,5)6)31-41(54(39)64)24-43-33-50(61(10,11)12)35-45-26-46-36-51(62(13,14)15)34-44(57(46)67-68(16,66-56(43)45)52-20-18-17-19-21-52)25-42-32-49(60(7,8)9)30-40(55(42)65)23-38(28-47)53(37)63/h17-21,27-36,63-65H,22-26H2,1-16H3. The maximum atomic E-state index is 12.7. The first-order chi connectivity index (χ1) is 31.4. The molecule has 358 valence electrons. The third-order valence-electron chi connectivity index (χ3n) is 14.4. The van der Waals surface area contributed by atoms with Gasteiger partial charge in [-0.2, -0.15) is 0 Å². The van der Waals surface area contributed by atoms with Crippen LogP contribution in [0.2, 0.25) is 6.55 Å². The number of benzene rings is 6. The van der Waals surface area contributed by atoms with Crippen molar-refractivity contribution >= 4 is 13.7 Å². The molecule has 6 aromatic carbocycles. The van der Waals surface area contributed by atoms with Crippen LogP contribution < -0.4 is 14.0 Å². The molecule has 1 aliphatic carbocycles. The fourth-order valence-corrected chi connectivity index (χ4v) is 12.2. The Kier molecular flexibility index (Phi) is 12.2. The van der Waals surface area contributed by atoms with E-state index in [-0.39, 0.29) is 44.3 Å². The van der Waals surface area contributed by atoms with Gasteiger partial charge in [-0.1, -0.05) is 195 Å². The lowest BCUT2D eigenvalue weighted by Gasteiger charge is -2.36. The van der Waals surface area contributed by atoms with Gasteiger partial charge in [0.25, 0.3) is 0 Å². The Hall–Kier alpha value is -5.46. The van der Waals surface area contributed by atoms with Crippen LogP contribution in [0, 0.1) is 0 Å². The molecule has 2 heterocycles. The Labute approximate surface area is 408 Å². The number of rotatable bonds is 1. The van der Waals surface area contributed by atoms with Gasteiger partial charge in [0.15, 0.2) is 0 Å². The molecule has 68 heavy (non-hydrogen) atoms. The topological polar surface area (TPSA) is 79.2 Å². The lowest BCUT2D eigenvalue weighted by atomic mass is 9.79. The fraction of sp³-hybridized carbons (Fsp3) is 0.419. The van der Waals surface area contributed by atoms with E-state index >= 15 is 0 Å². The maximum Gasteiger partial charge on any atom is 0.492 e. The van der Waals surface area contributed by atoms with Crippen molar-refractivity contribution in [3.63, 3.8) is 0 Å². The molecule has 6 heteroatoms. The summed E-state index contributed by atoms with van der Waals surface area (Å²) >= 11 is 0. The largest absolute Gasteiger partial charge is 0.508 e. The zero-order valence-corrected chi connectivity index (χ0v) is 44.9. The summed E-state index contributed by atoms with van der Waals surface area (Å²) in [5.74, 6) is 2.24. The van der Waals surface area contributed by atoms with Crippen molar-refractivity contribution in [2.24, 2.45) is 0 Å². The summed E-state index contributed by atoms with van der Waals surface area (Å²) < 4.78 is 15.3. The van der Waals surface area contributed by atoms with Gasteiger partial charge in [0.2, 0.25) is 0 Å². The van der Waals surface area contributed by atoms with Crippen LogP contribution in [0.4, 0.5) is 0 Å². The average molecular weight is 929 g/mol. The number of hydrogen-bond donors (Lipinski definition) is 3. The molecular formula is C62H76O5Si. The number of aromatic hydroxyl groups is 3. The number of phenols is 3. The third-order valence-corrected chi connectivity index (χ3v) is 17.0. The van der Waals surface area contributed by atoms with Crippen molar-refractivity contribution in [3.8, 4) is 28.7 Å². The molecule has 0 radical (unpaired) electrons. The Morgan fingerprint density at radius 3 is 0.779 bits per heavy atom. The van der Waals surface area contributed by atoms with E-state index in [0.717, 1.165) is 89.0 Å². The van der Waals surface area contributed by atoms with Crippen LogP contribution in [0.1, 0.15) is 187 Å². The third kappa shape index (κ3) is 9.73. The molecule has 0 spiro atoms. The fourth-order valence-electron chi connectivity index (χ4n) is 9.84. The van der Waals surface area contributed by atoms with E-state index in [1.165, 1.54) is 11.1 Å². The van der Waals surface area contributed by atoms with Gasteiger partial charge in [0, 0.05) is 43.8 Å². The minimum absolute atomic E-state index is 0.188. The summed E-state index contributed by atoms with van der Waals surface area (Å²) in [5, 5.41) is 38.8. The lowest BCUT2D eigenvalue weighted by Crippen LogP contribution is -2.57. The van der Waals surface area contributed by atoms with Crippen molar-refractivity contribution in [2.75, 3.05) is 0 Å². The SMILES string of the molecule is CC(C)(C)c1cc2c(O)c(c1)Cc1cc(C(C)(C)C)cc(c1O)Cc1cc(C(C)(C)C)cc3c1O[Si](C)(c1ccccc1)Oc1c(cc(C(C)(C)C)cc1C3)Cc1cc(C(C)(C)C)cc(c1O)C2. The molecule has 0 fully saturated rings. The van der Waals surface area contributed by atoms with Gasteiger partial charge >= 0.3 is 8.56 Å². The smallest absolute Gasteiger partial charge is 0.492 e. The van der Waals surface area contributed by atoms with Crippen molar-refractivity contribution in [2.45, 2.75) is 170 Å². The summed E-state index contributed by atoms with van der Waals surface area (Å²) in [7, 11) is -3.38. The van der Waals surface area contributed by atoms with Crippen LogP contribution in [0.25, 0.3) is 0 Å². The van der Waals surface area contributed by atoms with E-state index in [4.69, 9.17) is 8.85 Å². The summed E-state index contributed by atoms with van der Waals surface area (Å²) in [5.41, 5.74) is 13.3. The Bertz CT molecular complexity index is 2760. The highest BCUT2D eigenvalue weighted by molar-refractivity contribution is 6.81. The Balaban J connectivity index is 1.54. The maximum absolute atomic E-state index is 12.7. The minimum Gasteiger partial charge on any atom is -0.508 e. The molecule has 5 nitrogen and oxygen atoms in total. The van der Waals surface area contributed by atoms with E-state index in [1.807, 2.05) is 6.07 Å². The molecule has 0 unspecified atom stereocenters. The molecular weight excluding hydrogens is 853 g/mol. The Morgan fingerprint density at radius 2 is 0.544 bits per heavy atom. The molecule has 0 saturated carbocycles. The number of fused-ring (bicyclic) bond motifs is 2. The minimum atomic E-state index is -3.38. The summed E-state index contributed by atoms with van der Waals surface area (Å²) in [6.45, 7) is 35.6. The predicted molar refractivity (Wildman–Crippen MR) is 284 cm³/mol. The lowest BCUT2D eigenvalue weighted by molar-refractivity contribution is 0.393. The van der Waals surface area contributed by atoms with Gasteiger partial charge in [-0.15, -0.1) is 0 Å². The number of hydrogen-bond acceptors (Lipinski definition) is 5. The van der Waals surface area contributed by atoms with Crippen LogP contribution >= 0.6 is 0 Å². The van der Waals surface area contributed by atoms with Crippen LogP contribution in [0.3, 0.4) is 0 Å². The molecule has 6 aromatic rings. The van der Waals surface area contributed by atoms with Gasteiger partial charge < -0.3 is 24.2 Å². The van der Waals surface area contributed by atoms with Crippen LogP contribution in [0.15, 0.2) is 91.0 Å². The monoisotopic (exact) mass is 929 g/mol. The van der Waals surface area contributed by atoms with E-state index in [9.17, 15) is 15.3 Å². The molecule has 0 saturated heterocycles. The number of phenolic OH excluding ortho intramolecular Hbond substituents is 3. The van der Waals surface area contributed by atoms with E-state index in [2.05, 4.69) is 195 Å². The molecule has 0 amide bonds. The van der Waals surface area contributed by atoms with Gasteiger partial charge in [0.05, 0.1) is 0 Å². The zero-order chi connectivity index (χ0) is 49.7. The van der Waals surface area contributed by atoms with E-state index in [0.29, 0.717) is 32.1 Å². The first-order valence-electron chi connectivity index (χ1n) is 24.7. The highest BCUT2D eigenvalue weighted by Crippen LogP contribution is 2.46. The van der Waals surface area contributed by atoms with Gasteiger partial charge in [-0.25, -0.2) is 0 Å². The van der Waals surface area contributed by atoms with Gasteiger partial charge in [0.1, 0.15) is 28.7 Å². The highest BCUT2D eigenvalue weighted by Gasteiger charge is 2.43. The molecule has 3 N–H and O–H groups in total. The summed E-state index contributed by atoms with van der Waals surface area (Å²) in [6.07, 6.45) is 2.07. The van der Waals surface area contributed by atoms with Crippen molar-refractivity contribution in [1.82, 2.24) is 0 Å². The van der Waals surface area contributed by atoms with Crippen LogP contribution in [-0.4, -0.2) is 23.9 Å². The summed E-state index contributed by atoms with van der Waals surface area (Å²) in [4.78, 5) is 0. The van der Waals surface area contributed by atoms with Gasteiger partial charge in [-0.05, 0) is 111 Å². The second-order valence-corrected chi connectivity index (χ2v) is 28.2. The quantitative estimate of drug-likeness (QED) is 0.143. The van der Waals surface area contributed by atoms with Gasteiger partial charge in [-0.3, -0.25) is 0 Å². The molecule has 9 rings (SSSR count). The molecule has 2 aliphatic heterocycles. The van der Waals surface area contributed by atoms with Crippen molar-refractivity contribution in [3.05, 3.63) is 174 Å². The second-order valence-electron chi connectivity index (χ2n) is 25.3. The van der Waals surface area contributed by atoms with E-state index < -0.39 is 8.56 Å². The van der Waals surface area contributed by atoms with Crippen molar-refractivity contribution < 1.29 is 24.2 Å².